The summed E-state index contributed by atoms with van der Waals surface area (Å²) in [6, 6.07) is 9.34. The van der Waals surface area contributed by atoms with Gasteiger partial charge in [-0.05, 0) is 5.56 Å². The molecule has 0 fully saturated rings. The number of oxime groups is 1. The normalized spacial score (nSPS) is 13.3. The molecule has 0 spiro atoms. The number of amidine groups is 1. The summed E-state index contributed by atoms with van der Waals surface area (Å²) in [4.78, 5) is 10.6. The summed E-state index contributed by atoms with van der Waals surface area (Å²) in [5.41, 5.74) is 11.5. The van der Waals surface area contributed by atoms with Crippen molar-refractivity contribution in [1.29, 1.82) is 0 Å². The first-order chi connectivity index (χ1) is 8.15. The smallest absolute Gasteiger partial charge is 0.231 e. The van der Waals surface area contributed by atoms with Crippen LogP contribution in [0.5, 0.6) is 0 Å². The Morgan fingerprint density at radius 1 is 1.35 bits per heavy atom. The van der Waals surface area contributed by atoms with E-state index >= 15 is 0 Å². The molecular weight excluding hydrogens is 220 g/mol. The minimum atomic E-state index is -0.448. The number of nitrogens with one attached hydrogen (secondary N) is 1. The molecule has 1 aromatic rings. The number of amides is 1. The second-order valence-electron chi connectivity index (χ2n) is 3.59. The summed E-state index contributed by atoms with van der Waals surface area (Å²) in [5.74, 6) is -0.648. The van der Waals surface area contributed by atoms with Crippen LogP contribution in [-0.4, -0.2) is 30.0 Å². The third-order valence-corrected chi connectivity index (χ3v) is 2.32. The van der Waals surface area contributed by atoms with Crippen molar-refractivity contribution in [3.8, 4) is 0 Å². The van der Waals surface area contributed by atoms with E-state index in [1.54, 1.807) is 0 Å². The van der Waals surface area contributed by atoms with E-state index in [-0.39, 0.29) is 18.3 Å². The fourth-order valence-corrected chi connectivity index (χ4v) is 1.49. The topological polar surface area (TPSA) is 114 Å². The van der Waals surface area contributed by atoms with E-state index in [9.17, 15) is 4.79 Å². The highest BCUT2D eigenvalue weighted by Crippen LogP contribution is 2.14. The standard InChI is InChI=1S/C11H16N4O2/c12-10(16)7-14-6-9(11(13)15-17)8-4-2-1-3-5-8/h1-5,9,14,17H,6-7H2,(H2,12,16)(H2,13,15). The first-order valence-electron chi connectivity index (χ1n) is 5.16. The minimum Gasteiger partial charge on any atom is -0.409 e. The van der Waals surface area contributed by atoms with Crippen molar-refractivity contribution in [1.82, 2.24) is 5.32 Å². The zero-order valence-electron chi connectivity index (χ0n) is 9.34. The number of nitrogens with two attached hydrogens (primary N) is 2. The molecule has 0 saturated carbocycles. The molecule has 0 bridgehead atoms. The van der Waals surface area contributed by atoms with Crippen LogP contribution in [0.3, 0.4) is 0 Å². The van der Waals surface area contributed by atoms with Gasteiger partial charge >= 0.3 is 0 Å². The SMILES string of the molecule is NC(=O)CNCC(C(N)=NO)c1ccccc1. The minimum absolute atomic E-state index is 0.0576. The summed E-state index contributed by atoms with van der Waals surface area (Å²) in [6.07, 6.45) is 0. The molecule has 6 heteroatoms. The molecule has 1 aromatic carbocycles. The second-order valence-corrected chi connectivity index (χ2v) is 3.59. The predicted octanol–water partition coefficient (Wildman–Crippen LogP) is -0.408. The quantitative estimate of drug-likeness (QED) is 0.233. The first kappa shape index (κ1) is 13.0. The Bertz CT molecular complexity index is 392. The van der Waals surface area contributed by atoms with Crippen LogP contribution in [0.15, 0.2) is 35.5 Å². The molecule has 1 rings (SSSR count). The third-order valence-electron chi connectivity index (χ3n) is 2.32. The molecule has 6 N–H and O–H groups in total. The predicted molar refractivity (Wildman–Crippen MR) is 64.7 cm³/mol. The van der Waals surface area contributed by atoms with Crippen molar-refractivity contribution < 1.29 is 10.0 Å². The highest BCUT2D eigenvalue weighted by Gasteiger charge is 2.16. The van der Waals surface area contributed by atoms with Crippen molar-refractivity contribution in [2.45, 2.75) is 5.92 Å². The van der Waals surface area contributed by atoms with Gasteiger partial charge in [-0.1, -0.05) is 35.5 Å². The van der Waals surface area contributed by atoms with Crippen LogP contribution in [0.2, 0.25) is 0 Å². The maximum absolute atomic E-state index is 10.6. The first-order valence-corrected chi connectivity index (χ1v) is 5.16. The summed E-state index contributed by atoms with van der Waals surface area (Å²) >= 11 is 0. The molecule has 0 saturated heterocycles. The van der Waals surface area contributed by atoms with Gasteiger partial charge in [0.25, 0.3) is 0 Å². The van der Waals surface area contributed by atoms with E-state index in [2.05, 4.69) is 10.5 Å². The largest absolute Gasteiger partial charge is 0.409 e. The molecule has 1 atom stereocenters. The number of carbonyl (C=O) groups excluding carboxylic acids is 1. The molecule has 0 aromatic heterocycles. The van der Waals surface area contributed by atoms with Gasteiger partial charge in [0.15, 0.2) is 0 Å². The maximum atomic E-state index is 10.6. The number of hydrogen-bond acceptors (Lipinski definition) is 4. The fraction of sp³-hybridized carbons (Fsp3) is 0.273. The van der Waals surface area contributed by atoms with Crippen LogP contribution in [0.25, 0.3) is 0 Å². The Morgan fingerprint density at radius 2 is 2.00 bits per heavy atom. The van der Waals surface area contributed by atoms with Gasteiger partial charge in [0.05, 0.1) is 12.5 Å². The van der Waals surface area contributed by atoms with E-state index < -0.39 is 5.91 Å². The molecule has 0 radical (unpaired) electrons. The molecule has 1 unspecified atom stereocenters. The third kappa shape index (κ3) is 4.12. The maximum Gasteiger partial charge on any atom is 0.231 e. The molecule has 92 valence electrons. The molecule has 0 aliphatic rings. The van der Waals surface area contributed by atoms with Gasteiger partial charge in [-0.2, -0.15) is 0 Å². The van der Waals surface area contributed by atoms with E-state index in [4.69, 9.17) is 16.7 Å². The van der Waals surface area contributed by atoms with Crippen molar-refractivity contribution in [2.75, 3.05) is 13.1 Å². The molecule has 17 heavy (non-hydrogen) atoms. The van der Waals surface area contributed by atoms with Gasteiger partial charge in [0.1, 0.15) is 5.84 Å². The lowest BCUT2D eigenvalue weighted by Gasteiger charge is -2.16. The second kappa shape index (κ2) is 6.49. The average Bonchev–Trinajstić information content (AvgIpc) is 2.34. The molecule has 0 aliphatic heterocycles. The number of nitrogens with zero attached hydrogens (tertiary/aromatic N) is 1. The lowest BCUT2D eigenvalue weighted by atomic mass is 9.98. The van der Waals surface area contributed by atoms with Crippen molar-refractivity contribution >= 4 is 11.7 Å². The molecule has 1 amide bonds. The molecule has 0 aliphatic carbocycles. The highest BCUT2D eigenvalue weighted by molar-refractivity contribution is 5.87. The summed E-state index contributed by atoms with van der Waals surface area (Å²) < 4.78 is 0. The van der Waals surface area contributed by atoms with Crippen LogP contribution in [0.4, 0.5) is 0 Å². The van der Waals surface area contributed by atoms with Gasteiger partial charge in [-0.15, -0.1) is 0 Å². The lowest BCUT2D eigenvalue weighted by Crippen LogP contribution is -2.36. The molecule has 6 nitrogen and oxygen atoms in total. The van der Waals surface area contributed by atoms with Crippen molar-refractivity contribution in [2.24, 2.45) is 16.6 Å². The Hall–Kier alpha value is -2.08. The zero-order valence-corrected chi connectivity index (χ0v) is 9.34. The van der Waals surface area contributed by atoms with E-state index in [0.717, 1.165) is 5.56 Å². The molecule has 0 heterocycles. The Labute approximate surface area is 99.3 Å². The number of benzene rings is 1. The van der Waals surface area contributed by atoms with E-state index in [0.29, 0.717) is 6.54 Å². The van der Waals surface area contributed by atoms with Gasteiger partial charge in [0, 0.05) is 6.54 Å². The molecular formula is C11H16N4O2. The average molecular weight is 236 g/mol. The van der Waals surface area contributed by atoms with Crippen molar-refractivity contribution in [3.05, 3.63) is 35.9 Å². The number of rotatable bonds is 6. The number of primary amides is 1. The highest BCUT2D eigenvalue weighted by atomic mass is 16.4. The van der Waals surface area contributed by atoms with Crippen LogP contribution in [-0.2, 0) is 4.79 Å². The number of carbonyl (C=O) groups is 1. The van der Waals surface area contributed by atoms with Gasteiger partial charge < -0.3 is 22.0 Å². The van der Waals surface area contributed by atoms with E-state index in [1.165, 1.54) is 0 Å². The Kier molecular flexibility index (Phi) is 4.96. The van der Waals surface area contributed by atoms with Gasteiger partial charge in [-0.3, -0.25) is 4.79 Å². The summed E-state index contributed by atoms with van der Waals surface area (Å²) in [6.45, 7) is 0.435. The number of hydrogen-bond donors (Lipinski definition) is 4. The Balaban J connectivity index is 2.72. The zero-order chi connectivity index (χ0) is 12.7. The van der Waals surface area contributed by atoms with Crippen LogP contribution >= 0.6 is 0 Å². The summed E-state index contributed by atoms with van der Waals surface area (Å²) in [7, 11) is 0. The van der Waals surface area contributed by atoms with Gasteiger partial charge in [-0.25, -0.2) is 0 Å². The van der Waals surface area contributed by atoms with Crippen molar-refractivity contribution in [3.63, 3.8) is 0 Å². The van der Waals surface area contributed by atoms with Crippen LogP contribution in [0.1, 0.15) is 11.5 Å². The Morgan fingerprint density at radius 3 is 2.53 bits per heavy atom. The monoisotopic (exact) mass is 236 g/mol. The van der Waals surface area contributed by atoms with E-state index in [1.807, 2.05) is 30.3 Å². The van der Waals surface area contributed by atoms with Crippen LogP contribution < -0.4 is 16.8 Å². The van der Waals surface area contributed by atoms with Crippen LogP contribution in [0, 0.1) is 0 Å². The lowest BCUT2D eigenvalue weighted by molar-refractivity contribution is -0.117. The van der Waals surface area contributed by atoms with Gasteiger partial charge in [0.2, 0.25) is 5.91 Å². The summed E-state index contributed by atoms with van der Waals surface area (Å²) in [5, 5.41) is 14.6. The fourth-order valence-electron chi connectivity index (χ4n) is 1.49.